The fraction of sp³-hybridized carbons (Fsp3) is 0.222. The molecule has 1 aromatic heterocycles. The van der Waals surface area contributed by atoms with Crippen LogP contribution < -0.4 is 5.46 Å². The largest absolute Gasteiger partial charge is 0.325 e. The lowest BCUT2D eigenvalue weighted by Gasteiger charge is -2.02. The maximum Gasteiger partial charge on any atom is 0.256 e. The van der Waals surface area contributed by atoms with E-state index in [0.717, 1.165) is 0 Å². The van der Waals surface area contributed by atoms with Crippen LogP contribution in [0.25, 0.3) is 11.0 Å². The number of fused-ring (bicyclic) bond motifs is 1. The summed E-state index contributed by atoms with van der Waals surface area (Å²) in [6.45, 7) is -0.347. The van der Waals surface area contributed by atoms with E-state index in [1.165, 1.54) is 10.9 Å². The summed E-state index contributed by atoms with van der Waals surface area (Å²) in [5, 5.41) is 0. The van der Waals surface area contributed by atoms with E-state index >= 15 is 0 Å². The van der Waals surface area contributed by atoms with E-state index in [0.29, 0.717) is 16.5 Å². The maximum absolute atomic E-state index is 12.1. The molecule has 0 unspecified atom stereocenters. The summed E-state index contributed by atoms with van der Waals surface area (Å²) in [6, 6.07) is 5.05. The zero-order valence-corrected chi connectivity index (χ0v) is 7.32. The van der Waals surface area contributed by atoms with Crippen molar-refractivity contribution in [2.75, 3.05) is 0 Å². The molecule has 14 heavy (non-hydrogen) atoms. The van der Waals surface area contributed by atoms with E-state index in [1.54, 1.807) is 18.2 Å². The van der Waals surface area contributed by atoms with Crippen molar-refractivity contribution in [2.45, 2.75) is 13.0 Å². The molecular weight excluding hydrogens is 185 g/mol. The van der Waals surface area contributed by atoms with Crippen molar-refractivity contribution < 1.29 is 8.78 Å². The molecule has 0 saturated carbocycles. The number of imidazole rings is 1. The second-order valence-electron chi connectivity index (χ2n) is 3.04. The Morgan fingerprint density at radius 2 is 2.21 bits per heavy atom. The van der Waals surface area contributed by atoms with Crippen LogP contribution >= 0.6 is 0 Å². The predicted octanol–water partition coefficient (Wildman–Crippen LogP) is 1.10. The van der Waals surface area contributed by atoms with Gasteiger partial charge in [0.15, 0.2) is 0 Å². The molecule has 2 radical (unpaired) electrons. The Kier molecular flexibility index (Phi) is 2.23. The molecule has 2 nitrogen and oxygen atoms in total. The summed E-state index contributed by atoms with van der Waals surface area (Å²) in [5.74, 6) is 0. The summed E-state index contributed by atoms with van der Waals surface area (Å²) in [5.41, 5.74) is 1.87. The van der Waals surface area contributed by atoms with E-state index in [4.69, 9.17) is 7.85 Å². The summed E-state index contributed by atoms with van der Waals surface area (Å²) < 4.78 is 25.7. The average molecular weight is 192 g/mol. The van der Waals surface area contributed by atoms with Gasteiger partial charge in [0.2, 0.25) is 0 Å². The van der Waals surface area contributed by atoms with Crippen molar-refractivity contribution in [1.82, 2.24) is 9.55 Å². The zero-order chi connectivity index (χ0) is 10.1. The zero-order valence-electron chi connectivity index (χ0n) is 7.32. The van der Waals surface area contributed by atoms with E-state index in [1.807, 2.05) is 0 Å². The molecule has 0 saturated heterocycles. The third-order valence-corrected chi connectivity index (χ3v) is 1.98. The lowest BCUT2D eigenvalue weighted by atomic mass is 9.96. The number of rotatable bonds is 2. The van der Waals surface area contributed by atoms with Gasteiger partial charge in [0.05, 0.1) is 23.9 Å². The van der Waals surface area contributed by atoms with Gasteiger partial charge in [0.25, 0.3) is 6.43 Å². The minimum absolute atomic E-state index is 0.347. The highest BCUT2D eigenvalue weighted by Gasteiger charge is 2.07. The Morgan fingerprint density at radius 3 is 2.93 bits per heavy atom. The van der Waals surface area contributed by atoms with Crippen LogP contribution in [-0.2, 0) is 6.54 Å². The summed E-state index contributed by atoms with van der Waals surface area (Å²) in [7, 11) is 5.55. The van der Waals surface area contributed by atoms with Crippen molar-refractivity contribution in [1.29, 1.82) is 0 Å². The number of benzene rings is 1. The normalized spacial score (nSPS) is 11.4. The first-order valence-corrected chi connectivity index (χ1v) is 4.15. The van der Waals surface area contributed by atoms with Crippen molar-refractivity contribution in [3.63, 3.8) is 0 Å². The lowest BCUT2D eigenvalue weighted by molar-refractivity contribution is 0.128. The third kappa shape index (κ3) is 1.62. The molecule has 0 N–H and O–H groups in total. The number of hydrogen-bond acceptors (Lipinski definition) is 1. The topological polar surface area (TPSA) is 17.8 Å². The molecule has 0 aliphatic rings. The Labute approximate surface area is 81.0 Å². The quantitative estimate of drug-likeness (QED) is 0.651. The van der Waals surface area contributed by atoms with E-state index in [2.05, 4.69) is 4.98 Å². The number of aromatic nitrogens is 2. The molecule has 2 rings (SSSR count). The fourth-order valence-corrected chi connectivity index (χ4v) is 1.37. The molecule has 1 aromatic carbocycles. The Bertz CT molecular complexity index is 453. The van der Waals surface area contributed by atoms with Crippen molar-refractivity contribution in [3.05, 3.63) is 24.5 Å². The molecular formula is C9H7BF2N2. The van der Waals surface area contributed by atoms with Gasteiger partial charge in [-0.3, -0.25) is 0 Å². The number of halogens is 2. The molecule has 1 heterocycles. The molecule has 0 spiro atoms. The van der Waals surface area contributed by atoms with Gasteiger partial charge in [0.1, 0.15) is 7.85 Å². The third-order valence-electron chi connectivity index (χ3n) is 1.98. The number of hydrogen-bond donors (Lipinski definition) is 0. The first kappa shape index (κ1) is 9.18. The fourth-order valence-electron chi connectivity index (χ4n) is 1.37. The van der Waals surface area contributed by atoms with Gasteiger partial charge in [-0.05, 0) is 12.1 Å². The minimum atomic E-state index is -2.38. The van der Waals surface area contributed by atoms with E-state index in [-0.39, 0.29) is 6.54 Å². The number of nitrogens with zero attached hydrogens (tertiary/aromatic N) is 2. The van der Waals surface area contributed by atoms with Gasteiger partial charge in [-0.1, -0.05) is 11.5 Å². The lowest BCUT2D eigenvalue weighted by Crippen LogP contribution is -2.07. The monoisotopic (exact) mass is 192 g/mol. The van der Waals surface area contributed by atoms with Crippen LogP contribution in [0.15, 0.2) is 24.5 Å². The molecule has 0 atom stereocenters. The SMILES string of the molecule is [B]c1ccc2ncn(CC(F)F)c2c1. The summed E-state index contributed by atoms with van der Waals surface area (Å²) >= 11 is 0. The standard InChI is InChI=1S/C9H7BF2N2/c10-6-1-2-7-8(3-6)14(5-13-7)4-9(11)12/h1-3,5,9H,4H2. The van der Waals surface area contributed by atoms with Crippen LogP contribution in [0.2, 0.25) is 0 Å². The highest BCUT2D eigenvalue weighted by Crippen LogP contribution is 2.12. The average Bonchev–Trinajstić information content (AvgIpc) is 2.47. The van der Waals surface area contributed by atoms with Crippen LogP contribution in [0.5, 0.6) is 0 Å². The van der Waals surface area contributed by atoms with Gasteiger partial charge in [-0.2, -0.15) is 0 Å². The Hall–Kier alpha value is -1.39. The second-order valence-corrected chi connectivity index (χ2v) is 3.04. The summed E-state index contributed by atoms with van der Waals surface area (Å²) in [6.07, 6.45) is -0.982. The highest BCUT2D eigenvalue weighted by atomic mass is 19.3. The number of alkyl halides is 2. The van der Waals surface area contributed by atoms with Crippen LogP contribution in [0.1, 0.15) is 0 Å². The van der Waals surface area contributed by atoms with Gasteiger partial charge < -0.3 is 4.57 Å². The first-order chi connectivity index (χ1) is 6.66. The molecule has 70 valence electrons. The van der Waals surface area contributed by atoms with E-state index < -0.39 is 6.43 Å². The van der Waals surface area contributed by atoms with Gasteiger partial charge in [-0.15, -0.1) is 0 Å². The first-order valence-electron chi connectivity index (χ1n) is 4.15. The molecule has 2 aromatic rings. The molecule has 0 amide bonds. The molecule has 0 aliphatic carbocycles. The van der Waals surface area contributed by atoms with E-state index in [9.17, 15) is 8.78 Å². The van der Waals surface area contributed by atoms with Gasteiger partial charge in [-0.25, -0.2) is 13.8 Å². The van der Waals surface area contributed by atoms with Crippen LogP contribution in [-0.4, -0.2) is 23.8 Å². The van der Waals surface area contributed by atoms with Crippen molar-refractivity contribution in [2.24, 2.45) is 0 Å². The van der Waals surface area contributed by atoms with Crippen LogP contribution in [0, 0.1) is 0 Å². The van der Waals surface area contributed by atoms with Crippen LogP contribution in [0.3, 0.4) is 0 Å². The van der Waals surface area contributed by atoms with Gasteiger partial charge >= 0.3 is 0 Å². The van der Waals surface area contributed by atoms with Gasteiger partial charge in [0, 0.05) is 0 Å². The van der Waals surface area contributed by atoms with Crippen molar-refractivity contribution in [3.8, 4) is 0 Å². The highest BCUT2D eigenvalue weighted by molar-refractivity contribution is 6.33. The maximum atomic E-state index is 12.1. The van der Waals surface area contributed by atoms with Crippen LogP contribution in [0.4, 0.5) is 8.78 Å². The molecule has 0 aliphatic heterocycles. The van der Waals surface area contributed by atoms with Crippen molar-refractivity contribution >= 4 is 24.3 Å². The molecule has 5 heteroatoms. The smallest absolute Gasteiger partial charge is 0.256 e. The molecule has 0 fully saturated rings. The minimum Gasteiger partial charge on any atom is -0.325 e. The Morgan fingerprint density at radius 1 is 1.43 bits per heavy atom. The summed E-state index contributed by atoms with van der Waals surface area (Å²) in [4.78, 5) is 3.99. The predicted molar refractivity (Wildman–Crippen MR) is 51.1 cm³/mol. The Balaban J connectivity index is 2.50. The molecule has 0 bridgehead atoms. The second kappa shape index (κ2) is 3.40.